The third-order valence-corrected chi connectivity index (χ3v) is 14.7. The average molecular weight is 1150 g/mol. The molecule has 0 amide bonds. The molecule has 0 aromatic carbocycles. The first kappa shape index (κ1) is 78.5. The smallest absolute Gasteiger partial charge is 0.306 e. The van der Waals surface area contributed by atoms with Crippen LogP contribution in [0.5, 0.6) is 0 Å². The molecule has 1 atom stereocenters. The van der Waals surface area contributed by atoms with E-state index in [4.69, 9.17) is 14.2 Å². The van der Waals surface area contributed by atoms with Gasteiger partial charge in [0, 0.05) is 19.3 Å². The Morgan fingerprint density at radius 3 is 0.735 bits per heavy atom. The van der Waals surface area contributed by atoms with Crippen molar-refractivity contribution in [2.24, 2.45) is 0 Å². The third kappa shape index (κ3) is 68.2. The van der Waals surface area contributed by atoms with Gasteiger partial charge in [-0.2, -0.15) is 0 Å². The molecule has 0 bridgehead atoms. The Labute approximate surface area is 513 Å². The molecule has 0 aliphatic heterocycles. The zero-order chi connectivity index (χ0) is 59.9. The van der Waals surface area contributed by atoms with Crippen molar-refractivity contribution in [1.82, 2.24) is 0 Å². The number of unbranched alkanes of at least 4 members (excludes halogenated alkanes) is 29. The quantitative estimate of drug-likeness (QED) is 0.0261. The van der Waals surface area contributed by atoms with Gasteiger partial charge in [0.25, 0.3) is 0 Å². The van der Waals surface area contributed by atoms with Gasteiger partial charge in [0.1, 0.15) is 13.2 Å². The van der Waals surface area contributed by atoms with E-state index in [1.165, 1.54) is 128 Å². The van der Waals surface area contributed by atoms with Crippen LogP contribution in [0.1, 0.15) is 316 Å². The molecule has 83 heavy (non-hydrogen) atoms. The van der Waals surface area contributed by atoms with E-state index in [2.05, 4.69) is 154 Å². The van der Waals surface area contributed by atoms with E-state index >= 15 is 0 Å². The van der Waals surface area contributed by atoms with E-state index in [1.807, 2.05) is 0 Å². The van der Waals surface area contributed by atoms with Gasteiger partial charge < -0.3 is 14.2 Å². The Morgan fingerprint density at radius 1 is 0.253 bits per heavy atom. The van der Waals surface area contributed by atoms with Crippen LogP contribution in [0.3, 0.4) is 0 Å². The molecule has 0 radical (unpaired) electrons. The van der Waals surface area contributed by atoms with Crippen molar-refractivity contribution in [3.63, 3.8) is 0 Å². The van der Waals surface area contributed by atoms with Crippen LogP contribution in [0.15, 0.2) is 134 Å². The molecule has 0 spiro atoms. The first-order valence-electron chi connectivity index (χ1n) is 34.7. The van der Waals surface area contributed by atoms with Crippen LogP contribution < -0.4 is 0 Å². The second-order valence-corrected chi connectivity index (χ2v) is 22.7. The van der Waals surface area contributed by atoms with Gasteiger partial charge in [-0.05, 0) is 116 Å². The van der Waals surface area contributed by atoms with Crippen LogP contribution in [0.25, 0.3) is 0 Å². The molecule has 0 N–H and O–H groups in total. The van der Waals surface area contributed by atoms with Crippen molar-refractivity contribution in [1.29, 1.82) is 0 Å². The highest BCUT2D eigenvalue weighted by Gasteiger charge is 2.19. The third-order valence-electron chi connectivity index (χ3n) is 14.7. The Morgan fingerprint density at radius 2 is 0.470 bits per heavy atom. The fourth-order valence-electron chi connectivity index (χ4n) is 9.53. The SMILES string of the molecule is CC/C=C\C/C=C\C/C=C\C/C=C\C/C=C\C/C=C\CCCCCCCCC(=O)OCC(COC(=O)CCCCCCCCCCCCCCCCC)OC(=O)CCCCCCCCCCC/C=C\C/C=C\C/C=C\C/C=C\C/C=C\CC. The van der Waals surface area contributed by atoms with Crippen molar-refractivity contribution < 1.29 is 28.6 Å². The Bertz CT molecular complexity index is 1750. The number of ether oxygens (including phenoxy) is 3. The van der Waals surface area contributed by atoms with Crippen LogP contribution in [0, 0.1) is 0 Å². The molecule has 0 saturated carbocycles. The van der Waals surface area contributed by atoms with E-state index in [9.17, 15) is 14.4 Å². The zero-order valence-corrected chi connectivity index (χ0v) is 54.2. The lowest BCUT2D eigenvalue weighted by Gasteiger charge is -2.18. The molecule has 472 valence electrons. The number of allylic oxidation sites excluding steroid dienone is 22. The van der Waals surface area contributed by atoms with Gasteiger partial charge in [-0.25, -0.2) is 0 Å². The van der Waals surface area contributed by atoms with Gasteiger partial charge in [-0.1, -0.05) is 315 Å². The maximum absolute atomic E-state index is 13.0. The maximum atomic E-state index is 13.0. The first-order valence-corrected chi connectivity index (χ1v) is 34.7. The van der Waals surface area contributed by atoms with Gasteiger partial charge in [0.05, 0.1) is 0 Å². The number of hydrogen-bond donors (Lipinski definition) is 0. The summed E-state index contributed by atoms with van der Waals surface area (Å²) in [6.07, 6.45) is 98.9. The second-order valence-electron chi connectivity index (χ2n) is 22.7. The Kier molecular flexibility index (Phi) is 66.3. The molecule has 1 unspecified atom stereocenters. The molecule has 0 saturated heterocycles. The first-order chi connectivity index (χ1) is 41.0. The molecule has 0 rings (SSSR count). The standard InChI is InChI=1S/C77H128O6/c1-4-7-10-13-16-19-22-25-28-30-32-34-36-38-40-42-44-46-49-52-55-58-61-64-67-70-76(79)82-73-74(72-81-75(78)69-66-63-60-57-54-51-48-27-24-21-18-15-12-9-6-3)83-77(80)71-68-65-62-59-56-53-50-47-45-43-41-39-37-35-33-31-29-26-23-20-17-14-11-8-5-2/h7-8,10-11,16-17,19-20,25-26,28-29,32-35,38-41,44,46,74H,4-6,9,12-15,18,21-24,27,30-31,36-37,42-43,45,47-73H2,1-3H3/b10-7-,11-8-,19-16-,20-17-,28-25-,29-26-,34-32-,35-33-,40-38-,41-39-,46-44-. The molecule has 6 nitrogen and oxygen atoms in total. The van der Waals surface area contributed by atoms with Crippen molar-refractivity contribution in [2.75, 3.05) is 13.2 Å². The van der Waals surface area contributed by atoms with Gasteiger partial charge in [-0.3, -0.25) is 14.4 Å². The topological polar surface area (TPSA) is 78.9 Å². The minimum absolute atomic E-state index is 0.0858. The van der Waals surface area contributed by atoms with Gasteiger partial charge in [-0.15, -0.1) is 0 Å². The Balaban J connectivity index is 4.41. The van der Waals surface area contributed by atoms with E-state index in [0.717, 1.165) is 148 Å². The summed E-state index contributed by atoms with van der Waals surface area (Å²) in [6.45, 7) is 6.42. The number of hydrogen-bond acceptors (Lipinski definition) is 6. The maximum Gasteiger partial charge on any atom is 0.306 e. The molecule has 6 heteroatoms. The van der Waals surface area contributed by atoms with Crippen LogP contribution in [0.2, 0.25) is 0 Å². The molecular weight excluding hydrogens is 1020 g/mol. The highest BCUT2D eigenvalue weighted by molar-refractivity contribution is 5.71. The molecule has 0 aromatic rings. The number of rotatable bonds is 62. The summed E-state index contributed by atoms with van der Waals surface area (Å²) in [6, 6.07) is 0. The molecule has 0 fully saturated rings. The van der Waals surface area contributed by atoms with Gasteiger partial charge >= 0.3 is 17.9 Å². The summed E-state index contributed by atoms with van der Waals surface area (Å²) in [5.41, 5.74) is 0. The van der Waals surface area contributed by atoms with Crippen molar-refractivity contribution in [2.45, 2.75) is 322 Å². The summed E-state index contributed by atoms with van der Waals surface area (Å²) in [7, 11) is 0. The molecule has 0 aliphatic carbocycles. The highest BCUT2D eigenvalue weighted by Crippen LogP contribution is 2.16. The van der Waals surface area contributed by atoms with Crippen LogP contribution >= 0.6 is 0 Å². The fraction of sp³-hybridized carbons (Fsp3) is 0.675. The molecule has 0 aromatic heterocycles. The summed E-state index contributed by atoms with van der Waals surface area (Å²) in [4.78, 5) is 38.5. The van der Waals surface area contributed by atoms with Gasteiger partial charge in [0.2, 0.25) is 0 Å². The number of carbonyl (C=O) groups is 3. The predicted molar refractivity (Wildman–Crippen MR) is 362 cm³/mol. The number of esters is 3. The monoisotopic (exact) mass is 1150 g/mol. The summed E-state index contributed by atoms with van der Waals surface area (Å²) in [5, 5.41) is 0. The van der Waals surface area contributed by atoms with E-state index in [1.54, 1.807) is 0 Å². The fourth-order valence-corrected chi connectivity index (χ4v) is 9.53. The van der Waals surface area contributed by atoms with Crippen molar-refractivity contribution >= 4 is 17.9 Å². The second kappa shape index (κ2) is 70.0. The van der Waals surface area contributed by atoms with E-state index in [-0.39, 0.29) is 31.1 Å². The minimum atomic E-state index is -0.793. The van der Waals surface area contributed by atoms with Crippen LogP contribution in [0.4, 0.5) is 0 Å². The highest BCUT2D eigenvalue weighted by atomic mass is 16.6. The zero-order valence-electron chi connectivity index (χ0n) is 54.2. The normalized spacial score (nSPS) is 13.0. The molecule has 0 heterocycles. The predicted octanol–water partition coefficient (Wildman–Crippen LogP) is 24.1. The van der Waals surface area contributed by atoms with Crippen LogP contribution in [-0.2, 0) is 28.6 Å². The van der Waals surface area contributed by atoms with E-state index in [0.29, 0.717) is 19.3 Å². The van der Waals surface area contributed by atoms with Crippen molar-refractivity contribution in [3.05, 3.63) is 134 Å². The largest absolute Gasteiger partial charge is 0.462 e. The average Bonchev–Trinajstić information content (AvgIpc) is 3.49. The lowest BCUT2D eigenvalue weighted by atomic mass is 10.0. The lowest BCUT2D eigenvalue weighted by Crippen LogP contribution is -2.30. The Hall–Kier alpha value is -4.45. The summed E-state index contributed by atoms with van der Waals surface area (Å²) >= 11 is 0. The molecular formula is C77H128O6. The minimum Gasteiger partial charge on any atom is -0.462 e. The summed E-state index contributed by atoms with van der Waals surface area (Å²) in [5.74, 6) is -0.897. The van der Waals surface area contributed by atoms with Crippen molar-refractivity contribution in [3.8, 4) is 0 Å². The lowest BCUT2D eigenvalue weighted by molar-refractivity contribution is -0.167. The summed E-state index contributed by atoms with van der Waals surface area (Å²) < 4.78 is 17.0. The van der Waals surface area contributed by atoms with Gasteiger partial charge in [0.15, 0.2) is 6.10 Å². The van der Waals surface area contributed by atoms with Crippen LogP contribution in [-0.4, -0.2) is 37.2 Å². The van der Waals surface area contributed by atoms with E-state index < -0.39 is 6.10 Å². The molecule has 0 aliphatic rings. The number of carbonyl (C=O) groups excluding carboxylic acids is 3.